The molecule has 1 saturated heterocycles. The van der Waals surface area contributed by atoms with E-state index < -0.39 is 0 Å². The topological polar surface area (TPSA) is 0 Å². The average Bonchev–Trinajstić information content (AvgIpc) is 2.57. The smallest absolute Gasteiger partial charge is 0.0154 e. The molecule has 1 aliphatic heterocycles. The average molecular weight is 198 g/mol. The molecule has 0 radical (unpaired) electrons. The molecule has 2 aliphatic rings. The number of hydrogen-bond acceptors (Lipinski definition) is 0. The van der Waals surface area contributed by atoms with Crippen molar-refractivity contribution in [1.82, 2.24) is 0 Å². The summed E-state index contributed by atoms with van der Waals surface area (Å²) in [6.07, 6.45) is 7.50. The molecule has 1 saturated carbocycles. The quantitative estimate of drug-likeness (QED) is 0.590. The van der Waals surface area contributed by atoms with Gasteiger partial charge in [-0.1, -0.05) is 33.6 Å². The lowest BCUT2D eigenvalue weighted by atomic mass is 9.84. The van der Waals surface area contributed by atoms with Gasteiger partial charge < -0.3 is 0 Å². The lowest BCUT2D eigenvalue weighted by Crippen LogP contribution is -2.22. The van der Waals surface area contributed by atoms with Crippen LogP contribution >= 0.6 is 8.58 Å². The summed E-state index contributed by atoms with van der Waals surface area (Å²) in [6.45, 7) is 7.34. The molecule has 4 atom stereocenters. The van der Waals surface area contributed by atoms with E-state index in [-0.39, 0.29) is 0 Å². The Hall–Kier alpha value is 0.430. The van der Waals surface area contributed by atoms with E-state index in [0.29, 0.717) is 5.41 Å². The second kappa shape index (κ2) is 3.54. The van der Waals surface area contributed by atoms with Gasteiger partial charge in [-0.3, -0.25) is 0 Å². The molecule has 0 nitrogen and oxygen atoms in total. The van der Waals surface area contributed by atoms with Crippen LogP contribution in [0.1, 0.15) is 46.5 Å². The van der Waals surface area contributed by atoms with E-state index in [1.165, 1.54) is 34.3 Å². The highest BCUT2D eigenvalue weighted by Crippen LogP contribution is 2.59. The molecule has 0 bridgehead atoms. The van der Waals surface area contributed by atoms with Crippen LogP contribution in [0.15, 0.2) is 0 Å². The molecule has 13 heavy (non-hydrogen) atoms. The summed E-state index contributed by atoms with van der Waals surface area (Å²) in [5.74, 6) is 2.23. The zero-order valence-electron chi connectivity index (χ0n) is 9.27. The Morgan fingerprint density at radius 3 is 2.85 bits per heavy atom. The zero-order chi connectivity index (χ0) is 9.47. The van der Waals surface area contributed by atoms with Crippen molar-refractivity contribution in [3.8, 4) is 0 Å². The second-order valence-electron chi connectivity index (χ2n) is 5.63. The molecular formula is C12H23P. The van der Waals surface area contributed by atoms with Crippen LogP contribution < -0.4 is 0 Å². The van der Waals surface area contributed by atoms with Crippen molar-refractivity contribution in [3.63, 3.8) is 0 Å². The second-order valence-corrected chi connectivity index (χ2v) is 7.06. The van der Waals surface area contributed by atoms with Gasteiger partial charge in [-0.05, 0) is 41.9 Å². The Morgan fingerprint density at radius 2 is 2.15 bits per heavy atom. The Kier molecular flexibility index (Phi) is 2.71. The van der Waals surface area contributed by atoms with Gasteiger partial charge in [-0.15, -0.1) is 8.58 Å². The fraction of sp³-hybridized carbons (Fsp3) is 1.00. The first-order valence-electron chi connectivity index (χ1n) is 5.88. The van der Waals surface area contributed by atoms with E-state index >= 15 is 0 Å². The number of hydrogen-bond donors (Lipinski definition) is 0. The minimum Gasteiger partial charge on any atom is -0.118 e. The monoisotopic (exact) mass is 198 g/mol. The summed E-state index contributed by atoms with van der Waals surface area (Å²) in [7, 11) is 1.28. The molecule has 1 aliphatic carbocycles. The lowest BCUT2D eigenvalue weighted by Gasteiger charge is -2.26. The summed E-state index contributed by atoms with van der Waals surface area (Å²) in [5, 5.41) is 0. The minimum absolute atomic E-state index is 0.686. The standard InChI is InChI=1S/C12H23P/c1-4-5-9-8-13-11-10(9)6-7-12(11,2)3/h9-11,13H,4-8H2,1-3H3. The summed E-state index contributed by atoms with van der Waals surface area (Å²) >= 11 is 0. The van der Waals surface area contributed by atoms with Gasteiger partial charge in [0.1, 0.15) is 0 Å². The van der Waals surface area contributed by atoms with Gasteiger partial charge in [-0.2, -0.15) is 0 Å². The lowest BCUT2D eigenvalue weighted by molar-refractivity contribution is 0.334. The first kappa shape index (κ1) is 9.97. The summed E-state index contributed by atoms with van der Waals surface area (Å²) < 4.78 is 0. The molecule has 1 heterocycles. The van der Waals surface area contributed by atoms with E-state index in [1.54, 1.807) is 6.16 Å². The predicted octanol–water partition coefficient (Wildman–Crippen LogP) is 3.90. The first-order valence-corrected chi connectivity index (χ1v) is 7.17. The van der Waals surface area contributed by atoms with Gasteiger partial charge in [-0.25, -0.2) is 0 Å². The van der Waals surface area contributed by atoms with Crippen LogP contribution in [0.2, 0.25) is 0 Å². The third-order valence-electron chi connectivity index (χ3n) is 4.26. The van der Waals surface area contributed by atoms with Crippen LogP contribution in [0.5, 0.6) is 0 Å². The van der Waals surface area contributed by atoms with Gasteiger partial charge in [0.2, 0.25) is 0 Å². The Labute approximate surface area is 84.7 Å². The molecule has 2 fully saturated rings. The molecule has 0 spiro atoms. The molecule has 0 aromatic rings. The van der Waals surface area contributed by atoms with Crippen molar-refractivity contribution in [2.24, 2.45) is 17.3 Å². The fourth-order valence-corrected chi connectivity index (χ4v) is 5.99. The van der Waals surface area contributed by atoms with Crippen LogP contribution in [0.4, 0.5) is 0 Å². The zero-order valence-corrected chi connectivity index (χ0v) is 10.3. The van der Waals surface area contributed by atoms with Crippen molar-refractivity contribution >= 4 is 8.58 Å². The van der Waals surface area contributed by atoms with Gasteiger partial charge in [0.15, 0.2) is 0 Å². The van der Waals surface area contributed by atoms with Gasteiger partial charge in [0, 0.05) is 0 Å². The van der Waals surface area contributed by atoms with E-state index in [1.807, 2.05) is 0 Å². The van der Waals surface area contributed by atoms with Crippen LogP contribution in [-0.4, -0.2) is 11.8 Å². The molecule has 4 unspecified atom stereocenters. The SMILES string of the molecule is CCCC1CPC2C1CCC2(C)C. The van der Waals surface area contributed by atoms with Gasteiger partial charge in [0.25, 0.3) is 0 Å². The number of fused-ring (bicyclic) bond motifs is 1. The Morgan fingerprint density at radius 1 is 1.38 bits per heavy atom. The van der Waals surface area contributed by atoms with E-state index in [2.05, 4.69) is 20.8 Å². The molecule has 0 N–H and O–H groups in total. The van der Waals surface area contributed by atoms with Crippen molar-refractivity contribution in [2.75, 3.05) is 6.16 Å². The Bertz CT molecular complexity index is 186. The van der Waals surface area contributed by atoms with Gasteiger partial charge in [0.05, 0.1) is 0 Å². The highest BCUT2D eigenvalue weighted by molar-refractivity contribution is 7.39. The summed E-state index contributed by atoms with van der Waals surface area (Å²) in [6, 6.07) is 0. The van der Waals surface area contributed by atoms with Crippen molar-refractivity contribution in [2.45, 2.75) is 52.1 Å². The molecule has 76 valence electrons. The summed E-state index contributed by atoms with van der Waals surface area (Å²) in [5.41, 5.74) is 1.79. The third kappa shape index (κ3) is 1.67. The van der Waals surface area contributed by atoms with E-state index in [9.17, 15) is 0 Å². The number of rotatable bonds is 2. The fourth-order valence-electron chi connectivity index (χ4n) is 3.49. The Balaban J connectivity index is 2.03. The van der Waals surface area contributed by atoms with Crippen LogP contribution in [0, 0.1) is 17.3 Å². The molecular weight excluding hydrogens is 175 g/mol. The van der Waals surface area contributed by atoms with E-state index in [0.717, 1.165) is 17.5 Å². The van der Waals surface area contributed by atoms with Crippen LogP contribution in [-0.2, 0) is 0 Å². The van der Waals surface area contributed by atoms with Crippen molar-refractivity contribution < 1.29 is 0 Å². The summed E-state index contributed by atoms with van der Waals surface area (Å²) in [4.78, 5) is 0. The van der Waals surface area contributed by atoms with Crippen LogP contribution in [0.3, 0.4) is 0 Å². The molecule has 0 amide bonds. The minimum atomic E-state index is 0.686. The van der Waals surface area contributed by atoms with Gasteiger partial charge >= 0.3 is 0 Å². The van der Waals surface area contributed by atoms with Crippen molar-refractivity contribution in [3.05, 3.63) is 0 Å². The highest BCUT2D eigenvalue weighted by Gasteiger charge is 2.48. The molecule has 2 rings (SSSR count). The maximum atomic E-state index is 2.50. The third-order valence-corrected chi connectivity index (χ3v) is 6.67. The molecule has 1 heteroatoms. The normalized spacial score (nSPS) is 44.1. The predicted molar refractivity (Wildman–Crippen MR) is 61.9 cm³/mol. The molecule has 0 aromatic heterocycles. The van der Waals surface area contributed by atoms with Crippen LogP contribution in [0.25, 0.3) is 0 Å². The maximum Gasteiger partial charge on any atom is -0.0154 e. The highest BCUT2D eigenvalue weighted by atomic mass is 31.1. The largest absolute Gasteiger partial charge is 0.118 e. The van der Waals surface area contributed by atoms with E-state index in [4.69, 9.17) is 0 Å². The molecule has 0 aromatic carbocycles. The first-order chi connectivity index (χ1) is 6.15. The maximum absolute atomic E-state index is 2.50. The van der Waals surface area contributed by atoms with Crippen molar-refractivity contribution in [1.29, 1.82) is 0 Å².